The number of fused-ring (bicyclic) bond motifs is 1. The molecule has 0 fully saturated rings. The molecule has 7 nitrogen and oxygen atoms in total. The zero-order chi connectivity index (χ0) is 22.5. The van der Waals surface area contributed by atoms with Crippen LogP contribution in [0.15, 0.2) is 65.8 Å². The van der Waals surface area contributed by atoms with Crippen LogP contribution >= 0.6 is 11.6 Å². The molecule has 0 atom stereocenters. The van der Waals surface area contributed by atoms with Crippen molar-refractivity contribution in [1.29, 1.82) is 0 Å². The molecule has 2 N–H and O–H groups in total. The maximum atomic E-state index is 12.6. The molecular formula is C24H21ClN4O3. The summed E-state index contributed by atoms with van der Waals surface area (Å²) < 4.78 is 11.0. The monoisotopic (exact) mass is 448 g/mol. The lowest BCUT2D eigenvalue weighted by Crippen LogP contribution is -2.17. The van der Waals surface area contributed by atoms with Crippen molar-refractivity contribution in [1.82, 2.24) is 15.4 Å². The number of halogens is 1. The number of aromatic nitrogens is 2. The number of amides is 1. The minimum absolute atomic E-state index is 0.350. The van der Waals surface area contributed by atoms with Gasteiger partial charge in [-0.2, -0.15) is 5.10 Å². The number of nitrogens with one attached hydrogen (secondary N) is 2. The Hall–Kier alpha value is -3.84. The summed E-state index contributed by atoms with van der Waals surface area (Å²) in [4.78, 5) is 20.4. The first-order valence-corrected chi connectivity index (χ1v) is 10.4. The van der Waals surface area contributed by atoms with Crippen molar-refractivity contribution in [2.45, 2.75) is 6.92 Å². The van der Waals surface area contributed by atoms with Crippen LogP contribution in [0, 0.1) is 0 Å². The normalized spacial score (nSPS) is 11.1. The molecule has 1 aromatic heterocycles. The number of hydrazone groups is 1. The van der Waals surface area contributed by atoms with Gasteiger partial charge in [0.25, 0.3) is 5.91 Å². The van der Waals surface area contributed by atoms with E-state index in [-0.39, 0.29) is 5.91 Å². The van der Waals surface area contributed by atoms with E-state index in [0.717, 1.165) is 16.6 Å². The van der Waals surface area contributed by atoms with Crippen LogP contribution in [-0.2, 0) is 0 Å². The molecule has 4 rings (SSSR count). The van der Waals surface area contributed by atoms with Crippen molar-refractivity contribution in [3.8, 4) is 22.9 Å². The predicted octanol–water partition coefficient (Wildman–Crippen LogP) is 5.05. The largest absolute Gasteiger partial charge is 0.492 e. The fraction of sp³-hybridized carbons (Fsp3) is 0.125. The second kappa shape index (κ2) is 9.53. The summed E-state index contributed by atoms with van der Waals surface area (Å²) in [5, 5.41) is 4.67. The summed E-state index contributed by atoms with van der Waals surface area (Å²) in [5.74, 6) is 1.46. The molecule has 0 bridgehead atoms. The molecule has 3 aromatic carbocycles. The Morgan fingerprint density at radius 1 is 1.19 bits per heavy atom. The number of carbonyl (C=O) groups is 1. The molecule has 0 unspecified atom stereocenters. The number of rotatable bonds is 7. The highest BCUT2D eigenvalue weighted by atomic mass is 35.5. The van der Waals surface area contributed by atoms with Gasteiger partial charge in [-0.25, -0.2) is 10.4 Å². The molecule has 0 aliphatic rings. The molecule has 1 heterocycles. The van der Waals surface area contributed by atoms with Crippen molar-refractivity contribution in [3.05, 3.63) is 76.8 Å². The number of H-pyrrole nitrogens is 1. The number of imidazole rings is 1. The van der Waals surface area contributed by atoms with Crippen LogP contribution in [0.2, 0.25) is 5.02 Å². The van der Waals surface area contributed by atoms with Gasteiger partial charge in [0, 0.05) is 16.7 Å². The third-order valence-electron chi connectivity index (χ3n) is 4.76. The van der Waals surface area contributed by atoms with Gasteiger partial charge in [0.2, 0.25) is 0 Å². The lowest BCUT2D eigenvalue weighted by atomic mass is 10.2. The highest BCUT2D eigenvalue weighted by molar-refractivity contribution is 6.33. The number of hydrogen-bond donors (Lipinski definition) is 2. The molecule has 32 heavy (non-hydrogen) atoms. The highest BCUT2D eigenvalue weighted by Crippen LogP contribution is 2.30. The number of methoxy groups -OCH3 is 1. The van der Waals surface area contributed by atoms with Gasteiger partial charge in [-0.3, -0.25) is 4.79 Å². The molecule has 0 radical (unpaired) electrons. The van der Waals surface area contributed by atoms with Crippen LogP contribution in [0.25, 0.3) is 22.4 Å². The van der Waals surface area contributed by atoms with Gasteiger partial charge in [-0.1, -0.05) is 29.8 Å². The van der Waals surface area contributed by atoms with E-state index < -0.39 is 0 Å². The summed E-state index contributed by atoms with van der Waals surface area (Å²) in [7, 11) is 1.56. The van der Waals surface area contributed by atoms with E-state index >= 15 is 0 Å². The third-order valence-corrected chi connectivity index (χ3v) is 5.09. The SMILES string of the molecule is CCOc1cccc(/C=N/NC(=O)c2ccc3nc(-c4ccccc4Cl)[nH]c3c2)c1OC. The second-order valence-corrected chi connectivity index (χ2v) is 7.22. The Morgan fingerprint density at radius 3 is 2.81 bits per heavy atom. The number of nitrogens with zero attached hydrogens (tertiary/aromatic N) is 2. The lowest BCUT2D eigenvalue weighted by molar-refractivity contribution is 0.0955. The Morgan fingerprint density at radius 2 is 2.03 bits per heavy atom. The van der Waals surface area contributed by atoms with Crippen LogP contribution in [0.5, 0.6) is 11.5 Å². The Bertz CT molecular complexity index is 1300. The molecule has 1 amide bonds. The average Bonchev–Trinajstić information content (AvgIpc) is 3.23. The van der Waals surface area contributed by atoms with Gasteiger partial charge in [0.1, 0.15) is 5.82 Å². The van der Waals surface area contributed by atoms with E-state index in [1.807, 2.05) is 43.3 Å². The smallest absolute Gasteiger partial charge is 0.271 e. The molecular weight excluding hydrogens is 428 g/mol. The first-order chi connectivity index (χ1) is 15.6. The van der Waals surface area contributed by atoms with Crippen LogP contribution in [-0.4, -0.2) is 35.8 Å². The van der Waals surface area contributed by atoms with Gasteiger partial charge in [0.15, 0.2) is 11.5 Å². The number of para-hydroxylation sites is 1. The van der Waals surface area contributed by atoms with Crippen molar-refractivity contribution in [3.63, 3.8) is 0 Å². The van der Waals surface area contributed by atoms with Crippen molar-refractivity contribution < 1.29 is 14.3 Å². The average molecular weight is 449 g/mol. The molecule has 0 aliphatic heterocycles. The summed E-state index contributed by atoms with van der Waals surface area (Å²) in [6.07, 6.45) is 1.52. The minimum atomic E-state index is -0.350. The Balaban J connectivity index is 1.52. The molecule has 0 aliphatic carbocycles. The fourth-order valence-electron chi connectivity index (χ4n) is 3.28. The zero-order valence-electron chi connectivity index (χ0n) is 17.6. The number of carbonyl (C=O) groups excluding carboxylic acids is 1. The molecule has 162 valence electrons. The molecule has 0 saturated carbocycles. The standard InChI is InChI=1S/C24H21ClN4O3/c1-3-32-21-10-6-7-16(22(21)31-2)14-26-29-24(30)15-11-12-19-20(13-15)28-23(27-19)17-8-4-5-9-18(17)25/h4-14H,3H2,1-2H3,(H,27,28)(H,29,30)/b26-14+. The first-order valence-electron chi connectivity index (χ1n) is 9.98. The van der Waals surface area contributed by atoms with Crippen LogP contribution in [0.1, 0.15) is 22.8 Å². The van der Waals surface area contributed by atoms with Gasteiger partial charge in [-0.15, -0.1) is 0 Å². The summed E-state index contributed by atoms with van der Waals surface area (Å²) >= 11 is 6.27. The van der Waals surface area contributed by atoms with Crippen LogP contribution in [0.3, 0.4) is 0 Å². The summed E-state index contributed by atoms with van der Waals surface area (Å²) in [6.45, 7) is 2.41. The predicted molar refractivity (Wildman–Crippen MR) is 126 cm³/mol. The van der Waals surface area contributed by atoms with Gasteiger partial charge >= 0.3 is 0 Å². The van der Waals surface area contributed by atoms with Gasteiger partial charge in [-0.05, 0) is 49.4 Å². The van der Waals surface area contributed by atoms with Gasteiger partial charge in [0.05, 0.1) is 36.0 Å². The molecule has 4 aromatic rings. The van der Waals surface area contributed by atoms with E-state index in [9.17, 15) is 4.79 Å². The van der Waals surface area contributed by atoms with Crippen LogP contribution < -0.4 is 14.9 Å². The number of aromatic amines is 1. The maximum Gasteiger partial charge on any atom is 0.271 e. The van der Waals surface area contributed by atoms with Crippen LogP contribution in [0.4, 0.5) is 0 Å². The summed E-state index contributed by atoms with van der Waals surface area (Å²) in [6, 6.07) is 18.1. The Labute approximate surface area is 190 Å². The second-order valence-electron chi connectivity index (χ2n) is 6.81. The van der Waals surface area contributed by atoms with Gasteiger partial charge < -0.3 is 14.5 Å². The zero-order valence-corrected chi connectivity index (χ0v) is 18.3. The molecule has 8 heteroatoms. The number of ether oxygens (including phenoxy) is 2. The van der Waals surface area contributed by atoms with E-state index in [1.165, 1.54) is 6.21 Å². The Kier molecular flexibility index (Phi) is 6.37. The topological polar surface area (TPSA) is 88.6 Å². The minimum Gasteiger partial charge on any atom is -0.492 e. The quantitative estimate of drug-likeness (QED) is 0.305. The first kappa shape index (κ1) is 21.4. The molecule has 0 spiro atoms. The highest BCUT2D eigenvalue weighted by Gasteiger charge is 2.12. The lowest BCUT2D eigenvalue weighted by Gasteiger charge is -2.11. The maximum absolute atomic E-state index is 12.6. The van der Waals surface area contributed by atoms with E-state index in [4.69, 9.17) is 21.1 Å². The van der Waals surface area contributed by atoms with Crippen molar-refractivity contribution in [2.75, 3.05) is 13.7 Å². The number of hydrogen-bond acceptors (Lipinski definition) is 5. The van der Waals surface area contributed by atoms with E-state index in [0.29, 0.717) is 40.1 Å². The number of benzene rings is 3. The third kappa shape index (κ3) is 4.43. The van der Waals surface area contributed by atoms with Crippen molar-refractivity contribution in [2.24, 2.45) is 5.10 Å². The van der Waals surface area contributed by atoms with Crippen molar-refractivity contribution >= 4 is 34.8 Å². The summed E-state index contributed by atoms with van der Waals surface area (Å²) in [5.41, 5.74) is 5.93. The van der Waals surface area contributed by atoms with E-state index in [1.54, 1.807) is 31.4 Å². The fourth-order valence-corrected chi connectivity index (χ4v) is 3.50. The van der Waals surface area contributed by atoms with E-state index in [2.05, 4.69) is 20.5 Å². The molecule has 0 saturated heterocycles.